The number of fused-ring (bicyclic) bond motifs is 2. The van der Waals surface area contributed by atoms with Gasteiger partial charge in [-0.2, -0.15) is 5.10 Å². The van der Waals surface area contributed by atoms with E-state index in [1.54, 1.807) is 51.9 Å². The van der Waals surface area contributed by atoms with Gasteiger partial charge in [0.15, 0.2) is 5.89 Å². The number of amides is 4. The number of primary amides is 2. The van der Waals surface area contributed by atoms with Crippen LogP contribution in [0, 0.1) is 13.8 Å². The highest BCUT2D eigenvalue weighted by atomic mass is 16.5. The molecule has 0 radical (unpaired) electrons. The number of hydrogen-bond acceptors (Lipinski definition) is 11. The molecule has 18 nitrogen and oxygen atoms in total. The van der Waals surface area contributed by atoms with Crippen molar-refractivity contribution in [3.8, 4) is 5.75 Å². The Bertz CT molecular complexity index is 2450. The molecule has 0 saturated heterocycles. The first-order valence-corrected chi connectivity index (χ1v) is 17.2. The van der Waals surface area contributed by atoms with E-state index in [0.29, 0.717) is 58.0 Å². The standard InChI is InChI=1S/C36H40N12O6/c1-5-23-30(54-20(4)40-23)34(52)44-36-42-25-17-22(32(39)50)18-28(53-14-11-37)29(25)47(36)13-8-7-12-46-26-10-9-21(31(38)49)16-24(26)41-35(46)43-33(51)27-15-19(3)45-48(27)6-2/h7-10,15-18H,5-6,11-14,37H2,1-4H3,(H2,38,49)(H2,39,50)(H,41,43,51)(H,42,44,52)/b8-7+. The smallest absolute Gasteiger partial charge is 0.295 e. The molecule has 4 aromatic heterocycles. The number of allylic oxidation sites excluding steroid dienone is 2. The van der Waals surface area contributed by atoms with Crippen LogP contribution in [-0.2, 0) is 26.1 Å². The van der Waals surface area contributed by atoms with Crippen LogP contribution >= 0.6 is 0 Å². The first-order valence-electron chi connectivity index (χ1n) is 17.2. The molecule has 280 valence electrons. The average molecular weight is 737 g/mol. The van der Waals surface area contributed by atoms with Crippen molar-refractivity contribution in [1.82, 2.24) is 33.9 Å². The molecular weight excluding hydrogens is 696 g/mol. The van der Waals surface area contributed by atoms with Crippen molar-refractivity contribution >= 4 is 57.6 Å². The number of rotatable bonds is 15. The largest absolute Gasteiger partial charge is 0.490 e. The van der Waals surface area contributed by atoms with E-state index in [0.717, 1.165) is 0 Å². The molecule has 0 aliphatic heterocycles. The van der Waals surface area contributed by atoms with Crippen LogP contribution in [0.15, 0.2) is 53.0 Å². The Balaban J connectivity index is 1.37. The van der Waals surface area contributed by atoms with Crippen LogP contribution in [0.3, 0.4) is 0 Å². The maximum Gasteiger partial charge on any atom is 0.295 e. The van der Waals surface area contributed by atoms with Gasteiger partial charge in [-0.1, -0.05) is 19.1 Å². The number of benzene rings is 2. The summed E-state index contributed by atoms with van der Waals surface area (Å²) >= 11 is 0. The molecule has 0 spiro atoms. The number of ether oxygens (including phenoxy) is 1. The lowest BCUT2D eigenvalue weighted by Crippen LogP contribution is -2.19. The molecule has 4 heterocycles. The van der Waals surface area contributed by atoms with Crippen LogP contribution in [0.1, 0.15) is 72.9 Å². The second-order valence-corrected chi connectivity index (χ2v) is 12.2. The maximum absolute atomic E-state index is 13.5. The zero-order chi connectivity index (χ0) is 38.7. The molecule has 0 aliphatic rings. The first kappa shape index (κ1) is 37.0. The number of aryl methyl sites for hydroxylation is 4. The molecule has 0 aliphatic carbocycles. The van der Waals surface area contributed by atoms with Gasteiger partial charge in [0.1, 0.15) is 23.6 Å². The number of anilines is 2. The summed E-state index contributed by atoms with van der Waals surface area (Å²) in [7, 11) is 0. The monoisotopic (exact) mass is 736 g/mol. The summed E-state index contributed by atoms with van der Waals surface area (Å²) in [5, 5.41) is 10.1. The second-order valence-electron chi connectivity index (χ2n) is 12.2. The number of hydrogen-bond donors (Lipinski definition) is 5. The highest BCUT2D eigenvalue weighted by Gasteiger charge is 2.24. The Hall–Kier alpha value is -6.82. The summed E-state index contributed by atoms with van der Waals surface area (Å²) in [6, 6.07) is 9.55. The number of nitrogens with two attached hydrogens (primary N) is 3. The molecular formula is C36H40N12O6. The van der Waals surface area contributed by atoms with E-state index in [1.807, 2.05) is 26.0 Å². The van der Waals surface area contributed by atoms with Crippen molar-refractivity contribution in [3.63, 3.8) is 0 Å². The minimum absolute atomic E-state index is 0.0554. The van der Waals surface area contributed by atoms with Crippen molar-refractivity contribution in [2.45, 2.75) is 53.8 Å². The van der Waals surface area contributed by atoms with Crippen LogP contribution in [0.4, 0.5) is 11.9 Å². The third-order valence-corrected chi connectivity index (χ3v) is 8.47. The molecule has 6 rings (SSSR count). The zero-order valence-corrected chi connectivity index (χ0v) is 30.2. The highest BCUT2D eigenvalue weighted by Crippen LogP contribution is 2.32. The van der Waals surface area contributed by atoms with Crippen LogP contribution in [0.5, 0.6) is 5.75 Å². The molecule has 54 heavy (non-hydrogen) atoms. The predicted octanol–water partition coefficient (Wildman–Crippen LogP) is 3.07. The van der Waals surface area contributed by atoms with E-state index in [-0.39, 0.29) is 60.8 Å². The van der Waals surface area contributed by atoms with Gasteiger partial charge in [-0.15, -0.1) is 0 Å². The quantitative estimate of drug-likeness (QED) is 0.0957. The SMILES string of the molecule is CCc1nc(C)oc1C(=O)Nc1nc2cc(C(N)=O)cc(OCCN)c2n1C/C=C/Cn1c(NC(=O)c2cc(C)nn2CC)nc2cc(C(N)=O)ccc21. The van der Waals surface area contributed by atoms with Gasteiger partial charge in [-0.25, -0.2) is 15.0 Å². The number of nitrogens with one attached hydrogen (secondary N) is 2. The summed E-state index contributed by atoms with van der Waals surface area (Å²) in [6.07, 6.45) is 4.13. The molecule has 4 amide bonds. The van der Waals surface area contributed by atoms with Gasteiger partial charge >= 0.3 is 0 Å². The topological polar surface area (TPSA) is 259 Å². The maximum atomic E-state index is 13.5. The van der Waals surface area contributed by atoms with Crippen molar-refractivity contribution in [2.75, 3.05) is 23.8 Å². The third-order valence-electron chi connectivity index (χ3n) is 8.47. The third kappa shape index (κ3) is 7.40. The van der Waals surface area contributed by atoms with E-state index in [4.69, 9.17) is 26.4 Å². The number of carbonyl (C=O) groups excluding carboxylic acids is 4. The predicted molar refractivity (Wildman–Crippen MR) is 199 cm³/mol. The van der Waals surface area contributed by atoms with Crippen molar-refractivity contribution < 1.29 is 28.3 Å². The van der Waals surface area contributed by atoms with Gasteiger partial charge in [-0.05, 0) is 56.7 Å². The zero-order valence-electron chi connectivity index (χ0n) is 30.2. The molecule has 2 aromatic carbocycles. The summed E-state index contributed by atoms with van der Waals surface area (Å²) < 4.78 is 16.6. The lowest BCUT2D eigenvalue weighted by Gasteiger charge is -2.12. The van der Waals surface area contributed by atoms with Crippen LogP contribution < -0.4 is 32.6 Å². The lowest BCUT2D eigenvalue weighted by molar-refractivity contribution is 0.0987. The number of carbonyl (C=O) groups is 4. The van der Waals surface area contributed by atoms with Crippen LogP contribution in [0.2, 0.25) is 0 Å². The fourth-order valence-electron chi connectivity index (χ4n) is 6.03. The number of oxazole rings is 1. The van der Waals surface area contributed by atoms with Crippen LogP contribution in [0.25, 0.3) is 22.1 Å². The molecule has 6 aromatic rings. The van der Waals surface area contributed by atoms with Gasteiger partial charge in [0.2, 0.25) is 29.5 Å². The van der Waals surface area contributed by atoms with E-state index in [1.165, 1.54) is 12.1 Å². The van der Waals surface area contributed by atoms with Gasteiger partial charge < -0.3 is 35.5 Å². The highest BCUT2D eigenvalue weighted by molar-refractivity contribution is 6.05. The summed E-state index contributed by atoms with van der Waals surface area (Å²) in [4.78, 5) is 64.7. The molecule has 0 fully saturated rings. The average Bonchev–Trinajstić information content (AvgIpc) is 3.90. The van der Waals surface area contributed by atoms with Crippen LogP contribution in [-0.4, -0.2) is 70.6 Å². The van der Waals surface area contributed by atoms with E-state index < -0.39 is 23.6 Å². The Kier molecular flexibility index (Phi) is 10.6. The molecule has 0 unspecified atom stereocenters. The number of nitrogens with zero attached hydrogens (tertiary/aromatic N) is 7. The summed E-state index contributed by atoms with van der Waals surface area (Å²) in [5.74, 6) is -1.22. The molecule has 0 atom stereocenters. The Morgan fingerprint density at radius 2 is 1.52 bits per heavy atom. The second kappa shape index (κ2) is 15.4. The first-order chi connectivity index (χ1) is 25.9. The normalized spacial score (nSPS) is 11.5. The van der Waals surface area contributed by atoms with Gasteiger partial charge in [-0.3, -0.25) is 34.5 Å². The summed E-state index contributed by atoms with van der Waals surface area (Å²) in [6.45, 7) is 8.41. The van der Waals surface area contributed by atoms with E-state index >= 15 is 0 Å². The van der Waals surface area contributed by atoms with Crippen molar-refractivity contribution in [1.29, 1.82) is 0 Å². The molecule has 18 heteroatoms. The van der Waals surface area contributed by atoms with Gasteiger partial charge in [0, 0.05) is 44.2 Å². The van der Waals surface area contributed by atoms with Crippen molar-refractivity contribution in [3.05, 3.63) is 88.4 Å². The van der Waals surface area contributed by atoms with Gasteiger partial charge in [0.05, 0.1) is 27.9 Å². The minimum atomic E-state index is -0.688. The fraction of sp³-hybridized carbons (Fsp3) is 0.278. The lowest BCUT2D eigenvalue weighted by atomic mass is 10.1. The number of aromatic nitrogens is 7. The number of imidazole rings is 2. The van der Waals surface area contributed by atoms with E-state index in [2.05, 4.69) is 30.7 Å². The Labute approximate surface area is 308 Å². The Morgan fingerprint density at radius 1 is 0.852 bits per heavy atom. The molecule has 8 N–H and O–H groups in total. The van der Waals surface area contributed by atoms with Gasteiger partial charge in [0.25, 0.3) is 11.8 Å². The molecule has 0 bridgehead atoms. The van der Waals surface area contributed by atoms with E-state index in [9.17, 15) is 19.2 Å². The fourth-order valence-corrected chi connectivity index (χ4v) is 6.03. The minimum Gasteiger partial charge on any atom is -0.490 e. The van der Waals surface area contributed by atoms with Crippen molar-refractivity contribution in [2.24, 2.45) is 17.2 Å². The molecule has 0 saturated carbocycles. The summed E-state index contributed by atoms with van der Waals surface area (Å²) in [5.41, 5.74) is 20.7. The Morgan fingerprint density at radius 3 is 2.20 bits per heavy atom.